The largest absolute Gasteiger partial charge is 0.377 e. The molecule has 0 saturated carbocycles. The quantitative estimate of drug-likeness (QED) is 0.613. The number of nitrogens with one attached hydrogen (secondary N) is 1. The zero-order valence-electron chi connectivity index (χ0n) is 6.50. The van der Waals surface area contributed by atoms with E-state index in [1.807, 2.05) is 0 Å². The molecule has 0 aliphatic heterocycles. The van der Waals surface area contributed by atoms with Gasteiger partial charge in [0.1, 0.15) is 6.61 Å². The van der Waals surface area contributed by atoms with Crippen LogP contribution < -0.4 is 5.73 Å². The molecule has 1 heterocycles. The van der Waals surface area contributed by atoms with Crippen molar-refractivity contribution in [2.24, 2.45) is 5.73 Å². The average molecular weight is 156 g/mol. The van der Waals surface area contributed by atoms with Gasteiger partial charge in [-0.25, -0.2) is 4.98 Å². The number of ether oxygens (including phenoxy) is 1. The Bertz CT molecular complexity index is 190. The van der Waals surface area contributed by atoms with Crippen LogP contribution in [0.3, 0.4) is 0 Å². The molecule has 0 bridgehead atoms. The van der Waals surface area contributed by atoms with Crippen molar-refractivity contribution < 1.29 is 4.74 Å². The van der Waals surface area contributed by atoms with Gasteiger partial charge >= 0.3 is 0 Å². The van der Waals surface area contributed by atoms with E-state index in [9.17, 15) is 0 Å². The van der Waals surface area contributed by atoms with Crippen molar-refractivity contribution in [1.82, 2.24) is 15.2 Å². The van der Waals surface area contributed by atoms with Gasteiger partial charge in [0.05, 0.1) is 0 Å². The summed E-state index contributed by atoms with van der Waals surface area (Å²) in [6.45, 7) is 1.04. The van der Waals surface area contributed by atoms with E-state index >= 15 is 0 Å². The summed E-state index contributed by atoms with van der Waals surface area (Å²) in [4.78, 5) is 4.12. The van der Waals surface area contributed by atoms with Crippen molar-refractivity contribution in [3.8, 4) is 0 Å². The fourth-order valence-electron chi connectivity index (χ4n) is 0.777. The van der Waals surface area contributed by atoms with Crippen LogP contribution >= 0.6 is 0 Å². The van der Waals surface area contributed by atoms with Crippen LogP contribution in [-0.2, 0) is 17.8 Å². The molecule has 0 amide bonds. The number of nitrogens with zero attached hydrogens (tertiary/aromatic N) is 2. The normalized spacial score (nSPS) is 10.4. The number of nitrogens with two attached hydrogens (primary N) is 1. The Balaban J connectivity index is 2.51. The molecule has 0 aromatic carbocycles. The van der Waals surface area contributed by atoms with Gasteiger partial charge in [-0.05, 0) is 6.54 Å². The third kappa shape index (κ3) is 2.28. The van der Waals surface area contributed by atoms with E-state index in [0.29, 0.717) is 19.6 Å². The second-order valence-corrected chi connectivity index (χ2v) is 2.17. The van der Waals surface area contributed by atoms with Crippen molar-refractivity contribution >= 4 is 0 Å². The molecule has 5 nitrogen and oxygen atoms in total. The zero-order chi connectivity index (χ0) is 8.10. The molecule has 0 fully saturated rings. The average Bonchev–Trinajstić information content (AvgIpc) is 2.38. The molecule has 0 unspecified atom stereocenters. The maximum atomic E-state index is 5.32. The van der Waals surface area contributed by atoms with E-state index in [0.717, 1.165) is 11.6 Å². The fourth-order valence-corrected chi connectivity index (χ4v) is 0.777. The van der Waals surface area contributed by atoms with Gasteiger partial charge in [-0.15, -0.1) is 0 Å². The summed E-state index contributed by atoms with van der Waals surface area (Å²) in [5.41, 5.74) is 5.32. The summed E-state index contributed by atoms with van der Waals surface area (Å²) in [6.07, 6.45) is 0.709. The molecule has 0 aliphatic rings. The Morgan fingerprint density at radius 1 is 1.64 bits per heavy atom. The number of hydrogen-bond donors (Lipinski definition) is 2. The van der Waals surface area contributed by atoms with Gasteiger partial charge in [0.25, 0.3) is 0 Å². The highest BCUT2D eigenvalue weighted by molar-refractivity contribution is 4.89. The first-order chi connectivity index (χ1) is 5.36. The highest BCUT2D eigenvalue weighted by Crippen LogP contribution is 1.93. The van der Waals surface area contributed by atoms with Crippen LogP contribution in [0.5, 0.6) is 0 Å². The van der Waals surface area contributed by atoms with Crippen LogP contribution in [0.2, 0.25) is 0 Å². The van der Waals surface area contributed by atoms with Crippen molar-refractivity contribution in [3.63, 3.8) is 0 Å². The van der Waals surface area contributed by atoms with Crippen molar-refractivity contribution in [1.29, 1.82) is 0 Å². The molecule has 5 heteroatoms. The smallest absolute Gasteiger partial charge is 0.152 e. The van der Waals surface area contributed by atoms with Crippen molar-refractivity contribution in [2.45, 2.75) is 13.0 Å². The Morgan fingerprint density at radius 3 is 3.09 bits per heavy atom. The van der Waals surface area contributed by atoms with Crippen molar-refractivity contribution in [3.05, 3.63) is 11.6 Å². The minimum Gasteiger partial charge on any atom is -0.377 e. The van der Waals surface area contributed by atoms with Crippen LogP contribution in [-0.4, -0.2) is 28.8 Å². The monoisotopic (exact) mass is 156 g/mol. The van der Waals surface area contributed by atoms with E-state index < -0.39 is 0 Å². The van der Waals surface area contributed by atoms with E-state index in [-0.39, 0.29) is 0 Å². The molecule has 0 radical (unpaired) electrons. The fraction of sp³-hybridized carbons (Fsp3) is 0.667. The summed E-state index contributed by atoms with van der Waals surface area (Å²) in [7, 11) is 1.62. The molecule has 0 atom stereocenters. The lowest BCUT2D eigenvalue weighted by molar-refractivity contribution is 0.178. The lowest BCUT2D eigenvalue weighted by Gasteiger charge is -1.89. The third-order valence-electron chi connectivity index (χ3n) is 1.23. The molecule has 11 heavy (non-hydrogen) atoms. The summed E-state index contributed by atoms with van der Waals surface area (Å²) in [6, 6.07) is 0. The Labute approximate surface area is 65.0 Å². The third-order valence-corrected chi connectivity index (χ3v) is 1.23. The molecule has 1 aromatic heterocycles. The second kappa shape index (κ2) is 4.05. The number of rotatable bonds is 4. The lowest BCUT2D eigenvalue weighted by atomic mass is 10.4. The first-order valence-corrected chi connectivity index (χ1v) is 3.46. The number of aromatic nitrogens is 3. The molecule has 0 saturated heterocycles. The van der Waals surface area contributed by atoms with Gasteiger partial charge in [0, 0.05) is 13.5 Å². The predicted molar refractivity (Wildman–Crippen MR) is 39.9 cm³/mol. The van der Waals surface area contributed by atoms with Crippen molar-refractivity contribution in [2.75, 3.05) is 13.7 Å². The summed E-state index contributed by atoms with van der Waals surface area (Å²) >= 11 is 0. The molecule has 1 rings (SSSR count). The van der Waals surface area contributed by atoms with Gasteiger partial charge in [-0.3, -0.25) is 5.10 Å². The topological polar surface area (TPSA) is 76.8 Å². The van der Waals surface area contributed by atoms with Crippen LogP contribution in [0.25, 0.3) is 0 Å². The standard InChI is InChI=1S/C6H12N4O/c1-11-4-6-8-5(2-3-7)9-10-6/h2-4,7H2,1H3,(H,8,9,10). The van der Waals surface area contributed by atoms with E-state index in [1.165, 1.54) is 0 Å². The van der Waals surface area contributed by atoms with E-state index in [2.05, 4.69) is 15.2 Å². The molecule has 0 spiro atoms. The number of hydrogen-bond acceptors (Lipinski definition) is 4. The predicted octanol–water partition coefficient (Wildman–Crippen LogP) is -0.548. The summed E-state index contributed by atoms with van der Waals surface area (Å²) < 4.78 is 4.85. The highest BCUT2D eigenvalue weighted by Gasteiger charge is 1.99. The van der Waals surface area contributed by atoms with Gasteiger partial charge in [-0.2, -0.15) is 5.10 Å². The number of aromatic amines is 1. The van der Waals surface area contributed by atoms with Crippen LogP contribution in [0.4, 0.5) is 0 Å². The number of methoxy groups -OCH3 is 1. The first-order valence-electron chi connectivity index (χ1n) is 3.46. The van der Waals surface area contributed by atoms with Gasteiger partial charge in [0.15, 0.2) is 11.6 Å². The first kappa shape index (κ1) is 8.16. The molecule has 62 valence electrons. The molecule has 0 aliphatic carbocycles. The van der Waals surface area contributed by atoms with Gasteiger partial charge < -0.3 is 10.5 Å². The molecular formula is C6H12N4O. The second-order valence-electron chi connectivity index (χ2n) is 2.17. The Hall–Kier alpha value is -0.940. The SMILES string of the molecule is COCc1nc(CCN)n[nH]1. The molecule has 3 N–H and O–H groups in total. The molecule has 1 aromatic rings. The number of H-pyrrole nitrogens is 1. The summed E-state index contributed by atoms with van der Waals surface area (Å²) in [5.74, 6) is 1.50. The summed E-state index contributed by atoms with van der Waals surface area (Å²) in [5, 5.41) is 6.68. The maximum absolute atomic E-state index is 5.32. The van der Waals surface area contributed by atoms with Crippen LogP contribution in [0.1, 0.15) is 11.6 Å². The van der Waals surface area contributed by atoms with E-state index in [1.54, 1.807) is 7.11 Å². The zero-order valence-corrected chi connectivity index (χ0v) is 6.50. The molecular weight excluding hydrogens is 144 g/mol. The van der Waals surface area contributed by atoms with Crippen LogP contribution in [0, 0.1) is 0 Å². The lowest BCUT2D eigenvalue weighted by Crippen LogP contribution is -2.04. The van der Waals surface area contributed by atoms with Gasteiger partial charge in [-0.1, -0.05) is 0 Å². The van der Waals surface area contributed by atoms with E-state index in [4.69, 9.17) is 10.5 Å². The minimum absolute atomic E-state index is 0.470. The Kier molecular flexibility index (Phi) is 3.00. The maximum Gasteiger partial charge on any atom is 0.152 e. The van der Waals surface area contributed by atoms with Crippen LogP contribution in [0.15, 0.2) is 0 Å². The van der Waals surface area contributed by atoms with Gasteiger partial charge in [0.2, 0.25) is 0 Å². The Morgan fingerprint density at radius 2 is 2.45 bits per heavy atom. The minimum atomic E-state index is 0.470. The highest BCUT2D eigenvalue weighted by atomic mass is 16.5.